The second-order valence-electron chi connectivity index (χ2n) is 5.16. The summed E-state index contributed by atoms with van der Waals surface area (Å²) in [5, 5.41) is 3.02. The summed E-state index contributed by atoms with van der Waals surface area (Å²) in [4.78, 5) is 12.0. The average Bonchev–Trinajstić information content (AvgIpc) is 2.60. The highest BCUT2D eigenvalue weighted by molar-refractivity contribution is 7.89. The largest absolute Gasteiger partial charge is 0.344 e. The van der Waals surface area contributed by atoms with Gasteiger partial charge in [0.05, 0.1) is 18.0 Å². The first-order valence-corrected chi connectivity index (χ1v) is 9.24. The Labute approximate surface area is 152 Å². The van der Waals surface area contributed by atoms with Crippen molar-refractivity contribution < 1.29 is 13.2 Å². The van der Waals surface area contributed by atoms with Crippen LogP contribution in [0.5, 0.6) is 0 Å². The summed E-state index contributed by atoms with van der Waals surface area (Å²) in [7, 11) is -2.40. The van der Waals surface area contributed by atoms with Crippen molar-refractivity contribution in [3.8, 4) is 11.8 Å². The molecule has 0 radical (unpaired) electrons. The number of hydrogen-bond acceptors (Lipinski definition) is 3. The molecule has 25 heavy (non-hydrogen) atoms. The van der Waals surface area contributed by atoms with E-state index in [9.17, 15) is 13.2 Å². The molecule has 0 aliphatic rings. The molecule has 2 aromatic carbocycles. The molecule has 5 nitrogen and oxygen atoms in total. The zero-order chi connectivity index (χ0) is 18.3. The molecule has 1 amide bonds. The summed E-state index contributed by atoms with van der Waals surface area (Å²) < 4.78 is 25.7. The first-order valence-electron chi connectivity index (χ1n) is 7.42. The van der Waals surface area contributed by atoms with Crippen LogP contribution in [-0.4, -0.2) is 38.8 Å². The van der Waals surface area contributed by atoms with E-state index >= 15 is 0 Å². The summed E-state index contributed by atoms with van der Waals surface area (Å²) in [6, 6.07) is 15.1. The molecule has 0 saturated carbocycles. The maximum absolute atomic E-state index is 12.4. The predicted octanol–water partition coefficient (Wildman–Crippen LogP) is 2.13. The fourth-order valence-corrected chi connectivity index (χ4v) is 3.19. The van der Waals surface area contributed by atoms with Crippen LogP contribution in [-0.2, 0) is 14.8 Å². The number of nitrogens with one attached hydrogen (secondary N) is 1. The third kappa shape index (κ3) is 5.61. The van der Waals surface area contributed by atoms with Crippen LogP contribution in [0.1, 0.15) is 5.56 Å². The highest BCUT2D eigenvalue weighted by atomic mass is 35.5. The van der Waals surface area contributed by atoms with E-state index in [1.54, 1.807) is 0 Å². The Morgan fingerprint density at radius 3 is 2.40 bits per heavy atom. The lowest BCUT2D eigenvalue weighted by molar-refractivity contribution is -0.120. The molecule has 0 spiro atoms. The van der Waals surface area contributed by atoms with Gasteiger partial charge in [0.25, 0.3) is 0 Å². The van der Waals surface area contributed by atoms with E-state index in [4.69, 9.17) is 11.6 Å². The molecule has 0 saturated heterocycles. The number of sulfonamides is 1. The van der Waals surface area contributed by atoms with Crippen molar-refractivity contribution in [1.29, 1.82) is 0 Å². The minimum absolute atomic E-state index is 0.0797. The van der Waals surface area contributed by atoms with E-state index < -0.39 is 15.9 Å². The third-order valence-corrected chi connectivity index (χ3v) is 5.34. The molecule has 0 unspecified atom stereocenters. The Kier molecular flexibility index (Phi) is 6.59. The molecule has 0 aliphatic carbocycles. The Morgan fingerprint density at radius 2 is 1.76 bits per heavy atom. The van der Waals surface area contributed by atoms with Crippen LogP contribution in [0.4, 0.5) is 0 Å². The number of halogens is 1. The Morgan fingerprint density at radius 1 is 1.12 bits per heavy atom. The zero-order valence-electron chi connectivity index (χ0n) is 13.6. The van der Waals surface area contributed by atoms with Crippen LogP contribution in [0.25, 0.3) is 0 Å². The fraction of sp³-hybridized carbons (Fsp3) is 0.167. The van der Waals surface area contributed by atoms with Crippen molar-refractivity contribution in [3.05, 3.63) is 65.2 Å². The van der Waals surface area contributed by atoms with Gasteiger partial charge in [-0.25, -0.2) is 8.42 Å². The molecule has 0 aliphatic heterocycles. The van der Waals surface area contributed by atoms with Gasteiger partial charge in [0.15, 0.2) is 0 Å². The first-order chi connectivity index (χ1) is 11.9. The maximum atomic E-state index is 12.4. The molecule has 0 heterocycles. The van der Waals surface area contributed by atoms with Gasteiger partial charge in [0.2, 0.25) is 15.9 Å². The van der Waals surface area contributed by atoms with Gasteiger partial charge in [0, 0.05) is 17.6 Å². The second-order valence-corrected chi connectivity index (χ2v) is 7.64. The van der Waals surface area contributed by atoms with Crippen LogP contribution in [0.2, 0.25) is 5.02 Å². The van der Waals surface area contributed by atoms with Gasteiger partial charge < -0.3 is 5.32 Å². The smallest absolute Gasteiger partial charge is 0.243 e. The van der Waals surface area contributed by atoms with Gasteiger partial charge in [-0.2, -0.15) is 4.31 Å². The Balaban J connectivity index is 1.89. The maximum Gasteiger partial charge on any atom is 0.243 e. The van der Waals surface area contributed by atoms with Gasteiger partial charge in [-0.1, -0.05) is 41.6 Å². The lowest BCUT2D eigenvalue weighted by Crippen LogP contribution is -2.38. The lowest BCUT2D eigenvalue weighted by Gasteiger charge is -2.16. The lowest BCUT2D eigenvalue weighted by atomic mass is 10.2. The van der Waals surface area contributed by atoms with E-state index in [1.807, 2.05) is 30.3 Å². The van der Waals surface area contributed by atoms with Crippen LogP contribution >= 0.6 is 11.6 Å². The molecule has 1 N–H and O–H groups in total. The zero-order valence-corrected chi connectivity index (χ0v) is 15.1. The number of benzene rings is 2. The van der Waals surface area contributed by atoms with Crippen LogP contribution in [0, 0.1) is 11.8 Å². The topological polar surface area (TPSA) is 66.5 Å². The van der Waals surface area contributed by atoms with E-state index in [0.29, 0.717) is 5.02 Å². The number of carbonyl (C=O) groups is 1. The van der Waals surface area contributed by atoms with Crippen molar-refractivity contribution in [2.24, 2.45) is 0 Å². The summed E-state index contributed by atoms with van der Waals surface area (Å²) in [5.74, 6) is 5.30. The van der Waals surface area contributed by atoms with E-state index in [2.05, 4.69) is 17.2 Å². The normalized spacial score (nSPS) is 10.8. The number of rotatable bonds is 5. The van der Waals surface area contributed by atoms with E-state index in [1.165, 1.54) is 31.3 Å². The molecule has 0 atom stereocenters. The predicted molar refractivity (Wildman–Crippen MR) is 97.6 cm³/mol. The molecular formula is C18H17ClN2O3S. The van der Waals surface area contributed by atoms with Gasteiger partial charge in [0.1, 0.15) is 0 Å². The number of hydrogen-bond donors (Lipinski definition) is 1. The molecule has 0 fully saturated rings. The number of likely N-dealkylation sites (N-methyl/N-ethyl adjacent to an activating group) is 1. The molecule has 0 bridgehead atoms. The van der Waals surface area contributed by atoms with Gasteiger partial charge in [-0.05, 0) is 36.4 Å². The Hall–Kier alpha value is -2.33. The highest BCUT2D eigenvalue weighted by Gasteiger charge is 2.22. The van der Waals surface area contributed by atoms with Crippen molar-refractivity contribution >= 4 is 27.5 Å². The van der Waals surface area contributed by atoms with Crippen LogP contribution in [0.15, 0.2) is 59.5 Å². The van der Waals surface area contributed by atoms with Crippen molar-refractivity contribution in [2.75, 3.05) is 20.1 Å². The minimum atomic E-state index is -3.75. The quantitative estimate of drug-likeness (QED) is 0.813. The minimum Gasteiger partial charge on any atom is -0.344 e. The van der Waals surface area contributed by atoms with Crippen molar-refractivity contribution in [1.82, 2.24) is 9.62 Å². The van der Waals surface area contributed by atoms with Crippen LogP contribution in [0.3, 0.4) is 0 Å². The molecular weight excluding hydrogens is 360 g/mol. The second kappa shape index (κ2) is 8.67. The van der Waals surface area contributed by atoms with E-state index in [-0.39, 0.29) is 18.0 Å². The van der Waals surface area contributed by atoms with Crippen molar-refractivity contribution in [2.45, 2.75) is 4.90 Å². The summed E-state index contributed by atoms with van der Waals surface area (Å²) in [5.41, 5.74) is 0.846. The molecule has 2 rings (SSSR count). The standard InChI is InChI=1S/C18H17ClN2O3S/c1-21(25(23,24)17-11-9-16(19)10-12-17)14-18(22)20-13-5-8-15-6-3-2-4-7-15/h2-4,6-7,9-12H,13-14H2,1H3,(H,20,22). The fourth-order valence-electron chi connectivity index (χ4n) is 1.94. The number of amides is 1. The monoisotopic (exact) mass is 376 g/mol. The summed E-state index contributed by atoms with van der Waals surface area (Å²) in [6.07, 6.45) is 0. The van der Waals surface area contributed by atoms with Gasteiger partial charge >= 0.3 is 0 Å². The van der Waals surface area contributed by atoms with Crippen LogP contribution < -0.4 is 5.32 Å². The van der Waals surface area contributed by atoms with Gasteiger partial charge in [-0.15, -0.1) is 0 Å². The summed E-state index contributed by atoms with van der Waals surface area (Å²) in [6.45, 7) is -0.152. The number of nitrogens with zero attached hydrogens (tertiary/aromatic N) is 1. The number of carbonyl (C=O) groups excluding carboxylic acids is 1. The summed E-state index contributed by atoms with van der Waals surface area (Å²) >= 11 is 5.76. The van der Waals surface area contributed by atoms with E-state index in [0.717, 1.165) is 9.87 Å². The highest BCUT2D eigenvalue weighted by Crippen LogP contribution is 2.17. The molecule has 7 heteroatoms. The van der Waals surface area contributed by atoms with Gasteiger partial charge in [-0.3, -0.25) is 4.79 Å². The first kappa shape index (κ1) is 19.0. The third-order valence-electron chi connectivity index (χ3n) is 3.27. The average molecular weight is 377 g/mol. The molecule has 130 valence electrons. The van der Waals surface area contributed by atoms with Crippen molar-refractivity contribution in [3.63, 3.8) is 0 Å². The molecule has 2 aromatic rings. The SMILES string of the molecule is CN(CC(=O)NCC#Cc1ccccc1)S(=O)(=O)c1ccc(Cl)cc1. The Bertz CT molecular complexity index is 885. The molecule has 0 aromatic heterocycles.